The summed E-state index contributed by atoms with van der Waals surface area (Å²) in [6, 6.07) is 76.2. The summed E-state index contributed by atoms with van der Waals surface area (Å²) in [5.74, 6) is 0. The molecule has 0 spiro atoms. The summed E-state index contributed by atoms with van der Waals surface area (Å²) in [4.78, 5) is 2.52. The maximum atomic E-state index is 2.52. The van der Waals surface area contributed by atoms with Gasteiger partial charge in [0.2, 0.25) is 0 Å². The molecule has 1 aliphatic rings. The molecule has 0 unspecified atom stereocenters. The summed E-state index contributed by atoms with van der Waals surface area (Å²) in [7, 11) is 0. The molecule has 11 rings (SSSR count). The first-order chi connectivity index (χ1) is 29.4. The van der Waals surface area contributed by atoms with Crippen molar-refractivity contribution < 1.29 is 0 Å². The highest BCUT2D eigenvalue weighted by molar-refractivity contribution is 7.26. The second-order valence-corrected chi connectivity index (χ2v) is 17.6. The van der Waals surface area contributed by atoms with Crippen molar-refractivity contribution in [3.63, 3.8) is 0 Å². The van der Waals surface area contributed by atoms with Crippen molar-refractivity contribution in [2.45, 2.75) is 26.2 Å². The fourth-order valence-corrected chi connectivity index (χ4v) is 10.9. The highest BCUT2D eigenvalue weighted by Crippen LogP contribution is 2.54. The summed E-state index contributed by atoms with van der Waals surface area (Å²) < 4.78 is 2.63. The second kappa shape index (κ2) is 14.4. The monoisotopic (exact) mass is 785 g/mol. The molecular formula is C58H43NS. The fourth-order valence-electron chi connectivity index (χ4n) is 9.61. The standard InChI is InChI=1S/C58H43NS/c1-38-30-35-46(48-24-15-27-52-56(48)50-22-7-10-26-51(50)58(52,2)3)54(36-38)59(53-28-11-8-20-44(53)41-33-31-40(32-34-41)39-16-5-4-6-17-39)43-19-13-18-42(37-43)45-23-14-25-49-47-21-9-12-29-55(47)60-57(45)49/h4-37H,1-3H3. The lowest BCUT2D eigenvalue weighted by Crippen LogP contribution is -2.15. The van der Waals surface area contributed by atoms with Gasteiger partial charge in [-0.05, 0) is 98.5 Å². The Morgan fingerprint density at radius 2 is 1.02 bits per heavy atom. The third-order valence-corrected chi connectivity index (χ3v) is 13.8. The first-order valence-electron chi connectivity index (χ1n) is 20.8. The van der Waals surface area contributed by atoms with E-state index in [2.05, 4.69) is 232 Å². The van der Waals surface area contributed by atoms with Crippen LogP contribution in [0.2, 0.25) is 0 Å². The number of thiophene rings is 1. The van der Waals surface area contributed by atoms with Gasteiger partial charge in [0.1, 0.15) is 0 Å². The van der Waals surface area contributed by atoms with E-state index in [1.807, 2.05) is 11.3 Å². The Morgan fingerprint density at radius 1 is 0.400 bits per heavy atom. The highest BCUT2D eigenvalue weighted by Gasteiger charge is 2.37. The number of rotatable bonds is 7. The Bertz CT molecular complexity index is 3240. The highest BCUT2D eigenvalue weighted by atomic mass is 32.1. The minimum Gasteiger partial charge on any atom is -0.309 e. The predicted molar refractivity (Wildman–Crippen MR) is 258 cm³/mol. The molecule has 0 fully saturated rings. The first kappa shape index (κ1) is 36.1. The molecule has 0 amide bonds. The SMILES string of the molecule is Cc1ccc(-c2cccc3c2-c2ccccc2C3(C)C)c(N(c2cccc(-c3cccc4c3sc3ccccc34)c2)c2ccccc2-c2ccc(-c3ccccc3)cc2)c1. The molecule has 1 aromatic heterocycles. The van der Waals surface area contributed by atoms with E-state index in [-0.39, 0.29) is 5.41 Å². The average molecular weight is 786 g/mol. The maximum absolute atomic E-state index is 2.52. The molecule has 1 nitrogen and oxygen atoms in total. The summed E-state index contributed by atoms with van der Waals surface area (Å²) in [5.41, 5.74) is 19.6. The quantitative estimate of drug-likeness (QED) is 0.156. The molecule has 0 saturated carbocycles. The molecule has 1 aliphatic carbocycles. The summed E-state index contributed by atoms with van der Waals surface area (Å²) in [5, 5.41) is 2.62. The van der Waals surface area contributed by atoms with Gasteiger partial charge in [-0.1, -0.05) is 190 Å². The Kier molecular flexibility index (Phi) is 8.65. The number of fused-ring (bicyclic) bond motifs is 6. The van der Waals surface area contributed by atoms with Crippen LogP contribution in [0.4, 0.5) is 17.1 Å². The van der Waals surface area contributed by atoms with E-state index in [9.17, 15) is 0 Å². The van der Waals surface area contributed by atoms with Gasteiger partial charge >= 0.3 is 0 Å². The van der Waals surface area contributed by atoms with Crippen LogP contribution in [-0.4, -0.2) is 0 Å². The Labute approximate surface area is 356 Å². The molecule has 0 N–H and O–H groups in total. The van der Waals surface area contributed by atoms with Gasteiger partial charge in [0.05, 0.1) is 11.4 Å². The van der Waals surface area contributed by atoms with E-state index in [0.29, 0.717) is 0 Å². The Balaban J connectivity index is 1.15. The van der Waals surface area contributed by atoms with Crippen molar-refractivity contribution in [3.05, 3.63) is 223 Å². The van der Waals surface area contributed by atoms with Crippen molar-refractivity contribution in [1.29, 1.82) is 0 Å². The molecule has 1 heterocycles. The molecule has 2 heteroatoms. The van der Waals surface area contributed by atoms with E-state index in [1.54, 1.807) is 0 Å². The molecular weight excluding hydrogens is 743 g/mol. The van der Waals surface area contributed by atoms with Crippen LogP contribution in [0, 0.1) is 6.92 Å². The zero-order valence-electron chi connectivity index (χ0n) is 34.0. The molecule has 0 aliphatic heterocycles. The number of benzene rings is 9. The van der Waals surface area contributed by atoms with Crippen LogP contribution < -0.4 is 4.90 Å². The van der Waals surface area contributed by atoms with Gasteiger partial charge in [0, 0.05) is 42.4 Å². The van der Waals surface area contributed by atoms with E-state index in [0.717, 1.165) is 17.1 Å². The van der Waals surface area contributed by atoms with Gasteiger partial charge in [-0.25, -0.2) is 0 Å². The van der Waals surface area contributed by atoms with Crippen LogP contribution >= 0.6 is 11.3 Å². The second-order valence-electron chi connectivity index (χ2n) is 16.5. The minimum atomic E-state index is -0.104. The molecule has 9 aromatic carbocycles. The predicted octanol–water partition coefficient (Wildman–Crippen LogP) is 16.8. The minimum absolute atomic E-state index is 0.104. The molecule has 0 bridgehead atoms. The molecule has 286 valence electrons. The largest absolute Gasteiger partial charge is 0.309 e. The van der Waals surface area contributed by atoms with Crippen LogP contribution in [0.3, 0.4) is 0 Å². The molecule has 0 radical (unpaired) electrons. The van der Waals surface area contributed by atoms with Gasteiger partial charge in [-0.15, -0.1) is 11.3 Å². The van der Waals surface area contributed by atoms with Crippen LogP contribution in [-0.2, 0) is 5.41 Å². The van der Waals surface area contributed by atoms with Crippen LogP contribution in [0.1, 0.15) is 30.5 Å². The Morgan fingerprint density at radius 3 is 1.88 bits per heavy atom. The lowest BCUT2D eigenvalue weighted by molar-refractivity contribution is 0.660. The molecule has 0 saturated heterocycles. The molecule has 60 heavy (non-hydrogen) atoms. The maximum Gasteiger partial charge on any atom is 0.0543 e. The van der Waals surface area contributed by atoms with Gasteiger partial charge in [-0.2, -0.15) is 0 Å². The van der Waals surface area contributed by atoms with E-state index >= 15 is 0 Å². The Hall–Kier alpha value is -7.00. The van der Waals surface area contributed by atoms with Crippen LogP contribution in [0.25, 0.3) is 75.8 Å². The first-order valence-corrected chi connectivity index (χ1v) is 21.7. The third-order valence-electron chi connectivity index (χ3n) is 12.6. The zero-order valence-corrected chi connectivity index (χ0v) is 34.8. The van der Waals surface area contributed by atoms with Crippen LogP contribution in [0.5, 0.6) is 0 Å². The average Bonchev–Trinajstić information content (AvgIpc) is 3.79. The number of anilines is 3. The van der Waals surface area contributed by atoms with Crippen LogP contribution in [0.15, 0.2) is 206 Å². The van der Waals surface area contributed by atoms with Gasteiger partial charge in [0.25, 0.3) is 0 Å². The third kappa shape index (κ3) is 5.90. The van der Waals surface area contributed by atoms with Gasteiger partial charge < -0.3 is 4.90 Å². The van der Waals surface area contributed by atoms with Crippen molar-refractivity contribution in [2.24, 2.45) is 0 Å². The summed E-state index contributed by atoms with van der Waals surface area (Å²) in [6.07, 6.45) is 0. The topological polar surface area (TPSA) is 3.24 Å². The van der Waals surface area contributed by atoms with Crippen molar-refractivity contribution in [1.82, 2.24) is 0 Å². The smallest absolute Gasteiger partial charge is 0.0543 e. The molecule has 10 aromatic rings. The molecule has 0 atom stereocenters. The number of hydrogen-bond acceptors (Lipinski definition) is 2. The lowest BCUT2D eigenvalue weighted by atomic mass is 9.82. The number of aryl methyl sites for hydroxylation is 1. The van der Waals surface area contributed by atoms with Crippen molar-refractivity contribution >= 4 is 48.6 Å². The lowest BCUT2D eigenvalue weighted by Gasteiger charge is -2.31. The van der Waals surface area contributed by atoms with Gasteiger partial charge in [-0.3, -0.25) is 0 Å². The summed E-state index contributed by atoms with van der Waals surface area (Å²) in [6.45, 7) is 6.95. The number of para-hydroxylation sites is 1. The van der Waals surface area contributed by atoms with E-state index in [1.165, 1.54) is 92.5 Å². The van der Waals surface area contributed by atoms with E-state index in [4.69, 9.17) is 0 Å². The number of hydrogen-bond donors (Lipinski definition) is 0. The normalized spacial score (nSPS) is 12.7. The van der Waals surface area contributed by atoms with Gasteiger partial charge in [0.15, 0.2) is 0 Å². The van der Waals surface area contributed by atoms with Crippen molar-refractivity contribution in [3.8, 4) is 55.6 Å². The fraction of sp³-hybridized carbons (Fsp3) is 0.0690. The van der Waals surface area contributed by atoms with Crippen molar-refractivity contribution in [2.75, 3.05) is 4.90 Å². The zero-order chi connectivity index (χ0) is 40.4. The number of nitrogens with zero attached hydrogens (tertiary/aromatic N) is 1. The summed E-state index contributed by atoms with van der Waals surface area (Å²) >= 11 is 1.88. The van der Waals surface area contributed by atoms with E-state index < -0.39 is 0 Å².